The van der Waals surface area contributed by atoms with Crippen LogP contribution in [0.4, 0.5) is 19.0 Å². The zero-order valence-electron chi connectivity index (χ0n) is 16.7. The van der Waals surface area contributed by atoms with Crippen LogP contribution in [0.15, 0.2) is 53.8 Å². The molecule has 5 aromatic rings. The number of fused-ring (bicyclic) bond motifs is 2. The van der Waals surface area contributed by atoms with Crippen molar-refractivity contribution in [3.63, 3.8) is 0 Å². The standard InChI is InChI=1S/C16H11F3N2O.C5H5N5/c1-2-15-20-14-6-3-9(17)7-11(14)16(22)21(15)10-4-5-12(18)13(19)8-10;6-4-3-5(9-1-7-3)10-2-8-4/h3-8H,2H2,1H3;1-2H,(H3,6,7,8,9,10). The molecule has 0 amide bonds. The van der Waals surface area contributed by atoms with E-state index >= 15 is 0 Å². The van der Waals surface area contributed by atoms with Gasteiger partial charge in [0.25, 0.3) is 5.56 Å². The summed E-state index contributed by atoms with van der Waals surface area (Å²) in [5.41, 5.74) is 6.77. The molecule has 0 fully saturated rings. The second kappa shape index (κ2) is 8.46. The molecule has 0 radical (unpaired) electrons. The van der Waals surface area contributed by atoms with Crippen LogP contribution in [0.1, 0.15) is 12.7 Å². The van der Waals surface area contributed by atoms with E-state index in [-0.39, 0.29) is 11.1 Å². The van der Waals surface area contributed by atoms with Crippen LogP contribution in [0.5, 0.6) is 0 Å². The summed E-state index contributed by atoms with van der Waals surface area (Å²) < 4.78 is 41.1. The molecular weight excluding hydrogens is 423 g/mol. The SMILES string of the molecule is CCc1nc2ccc(F)cc2c(=O)n1-c1ccc(F)c(F)c1.Nc1ncnc2nc[nH]c12. The Morgan fingerprint density at radius 2 is 1.84 bits per heavy atom. The number of nitrogens with zero attached hydrogens (tertiary/aromatic N) is 5. The van der Waals surface area contributed by atoms with Gasteiger partial charge in [0.15, 0.2) is 23.1 Å². The topological polar surface area (TPSA) is 115 Å². The largest absolute Gasteiger partial charge is 0.382 e. The Kier molecular flexibility index (Phi) is 5.54. The number of hydrogen-bond donors (Lipinski definition) is 2. The maximum atomic E-state index is 13.4. The van der Waals surface area contributed by atoms with Crippen molar-refractivity contribution in [1.82, 2.24) is 29.5 Å². The van der Waals surface area contributed by atoms with Gasteiger partial charge in [-0.3, -0.25) is 9.36 Å². The monoisotopic (exact) mass is 439 g/mol. The summed E-state index contributed by atoms with van der Waals surface area (Å²) in [5.74, 6) is -1.81. The number of hydrogen-bond acceptors (Lipinski definition) is 6. The van der Waals surface area contributed by atoms with E-state index in [0.717, 1.165) is 18.2 Å². The number of benzene rings is 2. The molecule has 8 nitrogen and oxygen atoms in total. The predicted molar refractivity (Wildman–Crippen MR) is 113 cm³/mol. The summed E-state index contributed by atoms with van der Waals surface area (Å²) in [6.07, 6.45) is 3.33. The molecule has 11 heteroatoms. The zero-order valence-corrected chi connectivity index (χ0v) is 16.7. The van der Waals surface area contributed by atoms with Crippen molar-refractivity contribution in [2.24, 2.45) is 0 Å². The average Bonchev–Trinajstić information content (AvgIpc) is 3.27. The van der Waals surface area contributed by atoms with Gasteiger partial charge in [-0.25, -0.2) is 33.1 Å². The fourth-order valence-electron chi connectivity index (χ4n) is 3.12. The third-order valence-electron chi connectivity index (χ3n) is 4.63. The Bertz CT molecular complexity index is 1500. The van der Waals surface area contributed by atoms with E-state index in [9.17, 15) is 18.0 Å². The molecule has 0 saturated heterocycles. The Morgan fingerprint density at radius 1 is 1.03 bits per heavy atom. The van der Waals surface area contributed by atoms with Gasteiger partial charge in [0.1, 0.15) is 23.5 Å². The first kappa shape index (κ1) is 21.0. The van der Waals surface area contributed by atoms with Gasteiger partial charge in [-0.1, -0.05) is 6.92 Å². The smallest absolute Gasteiger partial charge is 0.266 e. The molecule has 0 unspecified atom stereocenters. The van der Waals surface area contributed by atoms with Crippen LogP contribution in [0, 0.1) is 17.5 Å². The second-order valence-corrected chi connectivity index (χ2v) is 6.64. The van der Waals surface area contributed by atoms with E-state index in [1.807, 2.05) is 0 Å². The summed E-state index contributed by atoms with van der Waals surface area (Å²) >= 11 is 0. The highest BCUT2D eigenvalue weighted by Gasteiger charge is 2.14. The third kappa shape index (κ3) is 3.87. The lowest BCUT2D eigenvalue weighted by atomic mass is 10.2. The first-order chi connectivity index (χ1) is 15.4. The number of rotatable bonds is 2. The predicted octanol–water partition coefficient (Wildman–Crippen LogP) is 3.30. The summed E-state index contributed by atoms with van der Waals surface area (Å²) in [6, 6.07) is 6.86. The van der Waals surface area contributed by atoms with E-state index < -0.39 is 23.0 Å². The lowest BCUT2D eigenvalue weighted by Crippen LogP contribution is -2.24. The van der Waals surface area contributed by atoms with Gasteiger partial charge in [-0.05, 0) is 30.3 Å². The van der Waals surface area contributed by atoms with Crippen molar-refractivity contribution in [1.29, 1.82) is 0 Å². The molecule has 0 atom stereocenters. The lowest BCUT2D eigenvalue weighted by Gasteiger charge is -2.12. The molecule has 0 saturated carbocycles. The lowest BCUT2D eigenvalue weighted by molar-refractivity contribution is 0.507. The van der Waals surface area contributed by atoms with Crippen LogP contribution < -0.4 is 11.3 Å². The third-order valence-corrected chi connectivity index (χ3v) is 4.63. The van der Waals surface area contributed by atoms with E-state index in [0.29, 0.717) is 34.7 Å². The number of aryl methyl sites for hydroxylation is 1. The number of aromatic amines is 1. The highest BCUT2D eigenvalue weighted by atomic mass is 19.2. The highest BCUT2D eigenvalue weighted by molar-refractivity contribution is 5.80. The Labute approximate surface area is 178 Å². The molecule has 0 aliphatic rings. The molecule has 162 valence electrons. The maximum absolute atomic E-state index is 13.4. The number of imidazole rings is 1. The minimum atomic E-state index is -1.06. The number of nitrogen functional groups attached to an aromatic ring is 1. The Morgan fingerprint density at radius 3 is 2.56 bits per heavy atom. The fraction of sp³-hybridized carbons (Fsp3) is 0.0952. The summed E-state index contributed by atoms with van der Waals surface area (Å²) in [6.45, 7) is 1.79. The molecule has 2 aromatic carbocycles. The number of nitrogens with two attached hydrogens (primary N) is 1. The molecule has 3 aromatic heterocycles. The van der Waals surface area contributed by atoms with Crippen LogP contribution in [0.2, 0.25) is 0 Å². The van der Waals surface area contributed by atoms with Gasteiger partial charge >= 0.3 is 0 Å². The summed E-state index contributed by atoms with van der Waals surface area (Å²) in [4.78, 5) is 31.3. The van der Waals surface area contributed by atoms with Gasteiger partial charge in [0.2, 0.25) is 0 Å². The van der Waals surface area contributed by atoms with Gasteiger partial charge in [-0.15, -0.1) is 0 Å². The van der Waals surface area contributed by atoms with Crippen LogP contribution >= 0.6 is 0 Å². The normalized spacial score (nSPS) is 10.9. The van der Waals surface area contributed by atoms with Gasteiger partial charge < -0.3 is 10.7 Å². The Hall–Kier alpha value is -4.28. The van der Waals surface area contributed by atoms with Crippen molar-refractivity contribution in [2.45, 2.75) is 13.3 Å². The van der Waals surface area contributed by atoms with Crippen LogP contribution in [0.25, 0.3) is 27.8 Å². The van der Waals surface area contributed by atoms with Crippen molar-refractivity contribution in [2.75, 3.05) is 5.73 Å². The maximum Gasteiger partial charge on any atom is 0.266 e. The molecular formula is C21H16F3N7O. The molecule has 0 aliphatic heterocycles. The minimum absolute atomic E-state index is 0.0851. The molecule has 3 N–H and O–H groups in total. The first-order valence-corrected chi connectivity index (χ1v) is 9.45. The number of nitrogens with one attached hydrogen (secondary N) is 1. The molecule has 3 heterocycles. The van der Waals surface area contributed by atoms with Crippen LogP contribution in [-0.2, 0) is 6.42 Å². The molecule has 0 aliphatic carbocycles. The number of H-pyrrole nitrogens is 1. The van der Waals surface area contributed by atoms with E-state index in [4.69, 9.17) is 5.73 Å². The average molecular weight is 439 g/mol. The van der Waals surface area contributed by atoms with Crippen LogP contribution in [-0.4, -0.2) is 29.5 Å². The van der Waals surface area contributed by atoms with Gasteiger partial charge in [0, 0.05) is 12.5 Å². The van der Waals surface area contributed by atoms with Crippen molar-refractivity contribution in [3.05, 3.63) is 82.7 Å². The molecule has 0 bridgehead atoms. The fourth-order valence-corrected chi connectivity index (χ4v) is 3.12. The minimum Gasteiger partial charge on any atom is -0.382 e. The van der Waals surface area contributed by atoms with Crippen molar-refractivity contribution in [3.8, 4) is 5.69 Å². The number of aromatic nitrogens is 6. The van der Waals surface area contributed by atoms with Gasteiger partial charge in [-0.2, -0.15) is 0 Å². The number of halogens is 3. The second-order valence-electron chi connectivity index (χ2n) is 6.64. The quantitative estimate of drug-likeness (QED) is 0.436. The zero-order chi connectivity index (χ0) is 22.8. The molecule has 5 rings (SSSR count). The molecule has 0 spiro atoms. The highest BCUT2D eigenvalue weighted by Crippen LogP contribution is 2.17. The summed E-state index contributed by atoms with van der Waals surface area (Å²) in [7, 11) is 0. The van der Waals surface area contributed by atoms with E-state index in [1.165, 1.54) is 35.4 Å². The van der Waals surface area contributed by atoms with Crippen molar-refractivity contribution < 1.29 is 13.2 Å². The van der Waals surface area contributed by atoms with Crippen molar-refractivity contribution >= 4 is 27.9 Å². The summed E-state index contributed by atoms with van der Waals surface area (Å²) in [5, 5.41) is 0.0851. The van der Waals surface area contributed by atoms with Gasteiger partial charge in [0.05, 0.1) is 22.9 Å². The van der Waals surface area contributed by atoms with E-state index in [2.05, 4.69) is 24.9 Å². The van der Waals surface area contributed by atoms with E-state index in [1.54, 1.807) is 6.92 Å². The van der Waals surface area contributed by atoms with Crippen LogP contribution in [0.3, 0.4) is 0 Å². The number of anilines is 1. The Balaban J connectivity index is 0.000000203. The first-order valence-electron chi connectivity index (χ1n) is 9.45. The molecule has 32 heavy (non-hydrogen) atoms.